The molecule has 1 atom stereocenters. The van der Waals surface area contributed by atoms with Gasteiger partial charge in [0.2, 0.25) is 5.91 Å². The number of anilines is 1. The van der Waals surface area contributed by atoms with Gasteiger partial charge in [0, 0.05) is 25.1 Å². The number of nitrogens with zero attached hydrogens (tertiary/aromatic N) is 1. The Kier molecular flexibility index (Phi) is 4.63. The molecule has 1 amide bonds. The monoisotopic (exact) mass is 278 g/mol. The van der Waals surface area contributed by atoms with Crippen LogP contribution in [0, 0.1) is 17.7 Å². The van der Waals surface area contributed by atoms with E-state index in [0.29, 0.717) is 36.9 Å². The number of halogens is 1. The molecule has 0 spiro atoms. The van der Waals surface area contributed by atoms with Gasteiger partial charge in [0.15, 0.2) is 5.82 Å². The molecule has 0 aromatic heterocycles. The molecule has 2 rings (SSSR count). The molecule has 1 aliphatic rings. The van der Waals surface area contributed by atoms with Crippen LogP contribution in [0.4, 0.5) is 10.1 Å². The summed E-state index contributed by atoms with van der Waals surface area (Å²) in [6.45, 7) is 5.42. The maximum atomic E-state index is 13.9. The molecule has 4 heteroatoms. The van der Waals surface area contributed by atoms with Crippen LogP contribution in [-0.2, 0) is 11.3 Å². The second kappa shape index (κ2) is 6.25. The van der Waals surface area contributed by atoms with Crippen molar-refractivity contribution in [2.45, 2.75) is 39.7 Å². The van der Waals surface area contributed by atoms with Gasteiger partial charge in [-0.3, -0.25) is 4.79 Å². The number of nitrogen functional groups attached to an aromatic ring is 1. The van der Waals surface area contributed by atoms with Crippen molar-refractivity contribution in [1.82, 2.24) is 4.90 Å². The highest BCUT2D eigenvalue weighted by Crippen LogP contribution is 2.26. The van der Waals surface area contributed by atoms with Crippen LogP contribution >= 0.6 is 0 Å². The van der Waals surface area contributed by atoms with E-state index < -0.39 is 5.82 Å². The van der Waals surface area contributed by atoms with E-state index in [1.165, 1.54) is 6.07 Å². The zero-order valence-corrected chi connectivity index (χ0v) is 12.2. The van der Waals surface area contributed by atoms with E-state index in [4.69, 9.17) is 5.73 Å². The number of benzene rings is 1. The summed E-state index contributed by atoms with van der Waals surface area (Å²) in [6.07, 6.45) is 2.49. The molecule has 0 bridgehead atoms. The highest BCUT2D eigenvalue weighted by molar-refractivity contribution is 5.76. The maximum Gasteiger partial charge on any atom is 0.222 e. The lowest BCUT2D eigenvalue weighted by molar-refractivity contribution is -0.131. The minimum atomic E-state index is -0.398. The van der Waals surface area contributed by atoms with E-state index in [1.807, 2.05) is 0 Å². The minimum Gasteiger partial charge on any atom is -0.396 e. The predicted octanol–water partition coefficient (Wildman–Crippen LogP) is 3.19. The van der Waals surface area contributed by atoms with Crippen LogP contribution in [0.1, 0.15) is 38.7 Å². The second-order valence-corrected chi connectivity index (χ2v) is 5.97. The van der Waals surface area contributed by atoms with Gasteiger partial charge in [0.25, 0.3) is 0 Å². The van der Waals surface area contributed by atoms with Gasteiger partial charge in [0.1, 0.15) is 0 Å². The Morgan fingerprint density at radius 3 is 2.85 bits per heavy atom. The molecule has 1 saturated heterocycles. The summed E-state index contributed by atoms with van der Waals surface area (Å²) in [5.41, 5.74) is 6.22. The van der Waals surface area contributed by atoms with Gasteiger partial charge in [0.05, 0.1) is 5.69 Å². The number of nitrogens with two attached hydrogens (primary N) is 1. The summed E-state index contributed by atoms with van der Waals surface area (Å²) in [5, 5.41) is 0. The lowest BCUT2D eigenvalue weighted by Gasteiger charge is -2.22. The Bertz CT molecular complexity index is 487. The first-order valence-corrected chi connectivity index (χ1v) is 7.29. The number of likely N-dealkylation sites (tertiary alicyclic amines) is 1. The van der Waals surface area contributed by atoms with Crippen molar-refractivity contribution in [3.05, 3.63) is 29.6 Å². The molecule has 110 valence electrons. The molecule has 1 aliphatic heterocycles. The number of amides is 1. The van der Waals surface area contributed by atoms with E-state index in [9.17, 15) is 9.18 Å². The smallest absolute Gasteiger partial charge is 0.222 e. The average molecular weight is 278 g/mol. The molecular formula is C16H23FN2O. The minimum absolute atomic E-state index is 0.120. The van der Waals surface area contributed by atoms with Gasteiger partial charge in [-0.2, -0.15) is 0 Å². The molecule has 1 aromatic carbocycles. The Morgan fingerprint density at radius 1 is 1.40 bits per heavy atom. The fourth-order valence-electron chi connectivity index (χ4n) is 2.82. The highest BCUT2D eigenvalue weighted by atomic mass is 19.1. The van der Waals surface area contributed by atoms with Crippen LogP contribution in [0.25, 0.3) is 0 Å². The molecular weight excluding hydrogens is 255 g/mol. The van der Waals surface area contributed by atoms with Gasteiger partial charge < -0.3 is 10.6 Å². The first-order valence-electron chi connectivity index (χ1n) is 7.29. The first kappa shape index (κ1) is 14.8. The van der Waals surface area contributed by atoms with Crippen LogP contribution in [0.15, 0.2) is 18.2 Å². The second-order valence-electron chi connectivity index (χ2n) is 5.97. The fourth-order valence-corrected chi connectivity index (χ4v) is 2.82. The Hall–Kier alpha value is -1.58. The molecule has 1 fully saturated rings. The van der Waals surface area contributed by atoms with Crippen molar-refractivity contribution in [2.24, 2.45) is 11.8 Å². The molecule has 0 saturated carbocycles. The summed E-state index contributed by atoms with van der Waals surface area (Å²) in [6, 6.07) is 4.97. The lowest BCUT2D eigenvalue weighted by atomic mass is 9.89. The average Bonchev–Trinajstić information content (AvgIpc) is 2.58. The van der Waals surface area contributed by atoms with Crippen LogP contribution in [-0.4, -0.2) is 17.4 Å². The van der Waals surface area contributed by atoms with Crippen molar-refractivity contribution in [1.29, 1.82) is 0 Å². The van der Waals surface area contributed by atoms with Crippen molar-refractivity contribution >= 4 is 11.6 Å². The maximum absolute atomic E-state index is 13.9. The van der Waals surface area contributed by atoms with E-state index in [1.54, 1.807) is 17.0 Å². The topological polar surface area (TPSA) is 46.3 Å². The number of hydrogen-bond acceptors (Lipinski definition) is 2. The van der Waals surface area contributed by atoms with Crippen LogP contribution in [0.5, 0.6) is 0 Å². The molecule has 1 aromatic rings. The third kappa shape index (κ3) is 3.30. The van der Waals surface area contributed by atoms with Crippen molar-refractivity contribution < 1.29 is 9.18 Å². The van der Waals surface area contributed by atoms with Crippen molar-refractivity contribution in [3.8, 4) is 0 Å². The molecule has 3 nitrogen and oxygen atoms in total. The lowest BCUT2D eigenvalue weighted by Crippen LogP contribution is -2.30. The largest absolute Gasteiger partial charge is 0.396 e. The normalized spacial score (nSPS) is 20.3. The van der Waals surface area contributed by atoms with E-state index >= 15 is 0 Å². The molecule has 1 unspecified atom stereocenters. The molecule has 20 heavy (non-hydrogen) atoms. The van der Waals surface area contributed by atoms with Gasteiger partial charge in [-0.05, 0) is 30.7 Å². The zero-order chi connectivity index (χ0) is 14.7. The molecule has 0 radical (unpaired) electrons. The Labute approximate surface area is 120 Å². The number of rotatable bonds is 3. The summed E-state index contributed by atoms with van der Waals surface area (Å²) >= 11 is 0. The number of hydrogen-bond donors (Lipinski definition) is 1. The SMILES string of the molecule is CC(C)C1CCC(=O)N(Cc2cccc(N)c2F)CC1. The first-order chi connectivity index (χ1) is 9.49. The summed E-state index contributed by atoms with van der Waals surface area (Å²) in [7, 11) is 0. The molecule has 1 heterocycles. The summed E-state index contributed by atoms with van der Waals surface area (Å²) in [4.78, 5) is 13.9. The third-order valence-corrected chi connectivity index (χ3v) is 4.26. The number of carbonyl (C=O) groups excluding carboxylic acids is 1. The van der Waals surface area contributed by atoms with E-state index in [2.05, 4.69) is 13.8 Å². The van der Waals surface area contributed by atoms with Crippen molar-refractivity contribution in [2.75, 3.05) is 12.3 Å². The van der Waals surface area contributed by atoms with Crippen LogP contribution in [0.3, 0.4) is 0 Å². The van der Waals surface area contributed by atoms with Crippen LogP contribution < -0.4 is 5.73 Å². The third-order valence-electron chi connectivity index (χ3n) is 4.26. The molecule has 2 N–H and O–H groups in total. The fraction of sp³-hybridized carbons (Fsp3) is 0.562. The van der Waals surface area contributed by atoms with Crippen molar-refractivity contribution in [3.63, 3.8) is 0 Å². The van der Waals surface area contributed by atoms with Gasteiger partial charge >= 0.3 is 0 Å². The van der Waals surface area contributed by atoms with Gasteiger partial charge in [-0.25, -0.2) is 4.39 Å². The van der Waals surface area contributed by atoms with E-state index in [0.717, 1.165) is 12.8 Å². The summed E-state index contributed by atoms with van der Waals surface area (Å²) < 4.78 is 13.9. The highest BCUT2D eigenvalue weighted by Gasteiger charge is 2.24. The van der Waals surface area contributed by atoms with Gasteiger partial charge in [-0.15, -0.1) is 0 Å². The summed E-state index contributed by atoms with van der Waals surface area (Å²) in [5.74, 6) is 0.890. The van der Waals surface area contributed by atoms with Crippen LogP contribution in [0.2, 0.25) is 0 Å². The Balaban J connectivity index is 2.08. The van der Waals surface area contributed by atoms with Gasteiger partial charge in [-0.1, -0.05) is 26.0 Å². The molecule has 0 aliphatic carbocycles. The van der Waals surface area contributed by atoms with E-state index in [-0.39, 0.29) is 11.6 Å². The Morgan fingerprint density at radius 2 is 2.15 bits per heavy atom. The quantitative estimate of drug-likeness (QED) is 0.863. The zero-order valence-electron chi connectivity index (χ0n) is 12.2. The number of carbonyl (C=O) groups is 1. The standard InChI is InChI=1S/C16H23FN2O/c1-11(2)12-6-7-15(20)19(9-8-12)10-13-4-3-5-14(18)16(13)17/h3-5,11-12H,6-10,18H2,1-2H3. The predicted molar refractivity (Wildman–Crippen MR) is 78.4 cm³/mol.